The number of benzene rings is 9. The van der Waals surface area contributed by atoms with Gasteiger partial charge in [0.2, 0.25) is 0 Å². The molecular weight excluding hydrogens is 2470 g/mol. The van der Waals surface area contributed by atoms with Gasteiger partial charge in [-0.05, 0) is 170 Å². The number of aliphatic hydroxyl groups excluding tert-OH is 10. The third-order valence-electron chi connectivity index (χ3n) is 17.0. The zero-order chi connectivity index (χ0) is 88.8. The third kappa shape index (κ3) is 48.8. The molecule has 10 N–H and O–H groups in total. The third-order valence-corrected chi connectivity index (χ3v) is 17.0. The van der Waals surface area contributed by atoms with Gasteiger partial charge in [-0.2, -0.15) is 0 Å². The van der Waals surface area contributed by atoms with Crippen molar-refractivity contribution in [2.75, 3.05) is 0 Å². The molecule has 25 heteroatoms. The second-order valence-electron chi connectivity index (χ2n) is 29.8. The van der Waals surface area contributed by atoms with Crippen molar-refractivity contribution in [3.63, 3.8) is 0 Å². The van der Waals surface area contributed by atoms with Crippen LogP contribution >= 0.6 is 0 Å². The van der Waals surface area contributed by atoms with Crippen molar-refractivity contribution in [2.45, 2.75) is 204 Å². The first-order chi connectivity index (χ1) is 57.7. The molecule has 0 aliphatic heterocycles. The average molecular weight is 2590 g/mol. The van der Waals surface area contributed by atoms with Gasteiger partial charge in [-0.15, -0.1) is 159 Å². The van der Waals surface area contributed by atoms with Gasteiger partial charge in [0.25, 0.3) is 0 Å². The summed E-state index contributed by atoms with van der Waals surface area (Å²) in [5.41, 5.74) is 20.4. The second-order valence-corrected chi connectivity index (χ2v) is 29.8. The Morgan fingerprint density at radius 3 is 0.913 bits per heavy atom. The molecular formula is C101H119Ir5N10O10-5. The molecule has 10 atom stereocenters. The quantitative estimate of drug-likeness (QED) is 0.0379. The first-order valence-electron chi connectivity index (χ1n) is 40.4. The van der Waals surface area contributed by atoms with Crippen LogP contribution in [0.15, 0.2) is 250 Å². The Kier molecular flexibility index (Phi) is 61.0. The maximum absolute atomic E-state index is 8.56. The van der Waals surface area contributed by atoms with E-state index in [9.17, 15) is 0 Å². The van der Waals surface area contributed by atoms with Crippen LogP contribution in [0.25, 0.3) is 100 Å². The molecule has 5 heterocycles. The number of aromatic nitrogens is 10. The van der Waals surface area contributed by atoms with E-state index in [1.54, 1.807) is 101 Å². The van der Waals surface area contributed by atoms with E-state index >= 15 is 0 Å². The molecule has 0 amide bonds. The van der Waals surface area contributed by atoms with E-state index in [0.717, 1.165) is 90.3 Å². The molecule has 5 aromatic heterocycles. The molecule has 0 saturated heterocycles. The Labute approximate surface area is 812 Å². The Morgan fingerprint density at radius 1 is 0.238 bits per heavy atom. The largest absolute Gasteiger partial charge is 0.393 e. The molecule has 20 nitrogen and oxygen atoms in total. The van der Waals surface area contributed by atoms with Gasteiger partial charge in [0.05, 0.1) is 61.0 Å². The van der Waals surface area contributed by atoms with Crippen molar-refractivity contribution in [3.05, 3.63) is 314 Å². The molecule has 0 saturated carbocycles. The minimum Gasteiger partial charge on any atom is -0.393 e. The maximum Gasteiger partial charge on any atom is 0.105 e. The van der Waals surface area contributed by atoms with Crippen LogP contribution in [0, 0.1) is 71.9 Å². The van der Waals surface area contributed by atoms with Crippen molar-refractivity contribution in [3.8, 4) is 78.5 Å². The zero-order valence-corrected chi connectivity index (χ0v) is 86.1. The summed E-state index contributed by atoms with van der Waals surface area (Å²) in [6.45, 7) is 28.5. The summed E-state index contributed by atoms with van der Waals surface area (Å²) in [6.07, 6.45) is 6.56. The first kappa shape index (κ1) is 118. The monoisotopic (exact) mass is 2600 g/mol. The van der Waals surface area contributed by atoms with E-state index in [4.69, 9.17) is 51.1 Å². The molecule has 126 heavy (non-hydrogen) atoms. The van der Waals surface area contributed by atoms with Gasteiger partial charge >= 0.3 is 0 Å². The van der Waals surface area contributed by atoms with Gasteiger partial charge in [0.1, 0.15) is 31.6 Å². The predicted molar refractivity (Wildman–Crippen MR) is 486 cm³/mol. The summed E-state index contributed by atoms with van der Waals surface area (Å²) in [5.74, 6) is 0. The topological polar surface area (TPSA) is 331 Å². The van der Waals surface area contributed by atoms with Crippen molar-refractivity contribution in [1.82, 2.24) is 49.8 Å². The molecule has 9 aromatic carbocycles. The van der Waals surface area contributed by atoms with Gasteiger partial charge in [0, 0.05) is 129 Å². The average Bonchev–Trinajstić information content (AvgIpc) is 0.804. The van der Waals surface area contributed by atoms with Gasteiger partial charge in [-0.3, -0.25) is 24.9 Å². The van der Waals surface area contributed by atoms with E-state index in [1.807, 2.05) is 168 Å². The zero-order valence-electron chi connectivity index (χ0n) is 74.1. The van der Waals surface area contributed by atoms with Gasteiger partial charge in [-0.1, -0.05) is 168 Å². The van der Waals surface area contributed by atoms with Crippen LogP contribution in [0.1, 0.15) is 135 Å². The van der Waals surface area contributed by atoms with E-state index in [2.05, 4.69) is 172 Å². The molecule has 0 spiro atoms. The van der Waals surface area contributed by atoms with Gasteiger partial charge in [-0.25, -0.2) is 24.9 Å². The summed E-state index contributed by atoms with van der Waals surface area (Å²) in [5, 5.41) is 90.4. The van der Waals surface area contributed by atoms with E-state index in [-0.39, 0.29) is 162 Å². The van der Waals surface area contributed by atoms with Crippen LogP contribution in [0.2, 0.25) is 0 Å². The molecule has 0 aliphatic carbocycles. The molecule has 0 bridgehead atoms. The smallest absolute Gasteiger partial charge is 0.105 e. The fourth-order valence-electron chi connectivity index (χ4n) is 11.7. The standard InChI is InChI=1S/2C17H13N2.2C15H11N2.C12H11N2.5C5H12O2.5Ir/c1-13-10-17(19-12-18-13)16-9-5-8-15(11-16)14-6-3-2-4-7-14;1-13-11-17(19-12-18-13)16-9-7-15(8-10-16)14-5-3-2-4-6-14;1-11-9-15(17-10-16-11)14-8-4-6-12-5-2-3-7-13(12)14;1-11-8-15(17-10-16-11)14-7-6-12-4-2-3-5-13(12)9-14;1-9-4-3-5-11(6-9)12-7-10(2)13-8-14-12;5*1-4(6)3-5(2)7;;;;;/h2-8,10-12H,1H3;2-9,11-12H,1H3;2-7,9-10H,1H3;2-6,8-10H,1H3;3-4,6-8H,1-2H3;5*4-7H,3H2,1-2H3;;;;;/q5*-1;;;;;;;;;;. The Balaban J connectivity index is 0.00000141. The van der Waals surface area contributed by atoms with Crippen molar-refractivity contribution < 1.29 is 152 Å². The minimum atomic E-state index is -0.375. The molecule has 14 aromatic rings. The Morgan fingerprint density at radius 2 is 0.548 bits per heavy atom. The summed E-state index contributed by atoms with van der Waals surface area (Å²) >= 11 is 0. The van der Waals surface area contributed by atoms with E-state index in [0.29, 0.717) is 32.1 Å². The maximum atomic E-state index is 8.56. The van der Waals surface area contributed by atoms with E-state index in [1.165, 1.54) is 43.8 Å². The number of hydrogen-bond acceptors (Lipinski definition) is 20. The Bertz CT molecular complexity index is 5070. The fourth-order valence-corrected chi connectivity index (χ4v) is 11.7. The molecule has 10 unspecified atom stereocenters. The number of hydrogen-bond donors (Lipinski definition) is 10. The molecule has 5 radical (unpaired) electrons. The van der Waals surface area contributed by atoms with Gasteiger partial charge < -0.3 is 51.1 Å². The van der Waals surface area contributed by atoms with Crippen LogP contribution in [0.4, 0.5) is 0 Å². The summed E-state index contributed by atoms with van der Waals surface area (Å²) in [7, 11) is 0. The van der Waals surface area contributed by atoms with Crippen LogP contribution < -0.4 is 0 Å². The van der Waals surface area contributed by atoms with Crippen molar-refractivity contribution in [2.24, 2.45) is 0 Å². The molecule has 683 valence electrons. The summed E-state index contributed by atoms with van der Waals surface area (Å²) in [4.78, 5) is 41.9. The number of rotatable bonds is 17. The molecule has 0 aliphatic rings. The SMILES string of the molecule is CC(O)CC(C)O.CC(O)CC(C)O.CC(O)CC(C)O.CC(O)CC(C)O.CC(O)CC(C)O.Cc1cc(-c2[c-]cc(-c3ccccc3)cc2)ncn1.Cc1cc(-c2[c-]cc3ccccc3c2)ncn1.Cc1cc(-c2[c-]ccc(-c3ccccc3)c2)ncn1.Cc1cc(-c2[c-]ccc3ccccc23)ncn1.Cc1cc[c-]c(-c2cc(C)ncn2)c1.[Ir].[Ir].[Ir].[Ir].[Ir]. The van der Waals surface area contributed by atoms with Crippen LogP contribution in [-0.4, -0.2) is 162 Å². The normalized spacial score (nSPS) is 12.4. The number of aliphatic hydroxyl groups is 10. The first-order valence-corrected chi connectivity index (χ1v) is 40.4. The van der Waals surface area contributed by atoms with E-state index < -0.39 is 0 Å². The minimum absolute atomic E-state index is 0. The van der Waals surface area contributed by atoms with Gasteiger partial charge in [0.15, 0.2) is 0 Å². The van der Waals surface area contributed by atoms with Crippen molar-refractivity contribution >= 4 is 21.5 Å². The molecule has 0 fully saturated rings. The number of nitrogens with zero attached hydrogens (tertiary/aromatic N) is 10. The predicted octanol–water partition coefficient (Wildman–Crippen LogP) is 17.9. The summed E-state index contributed by atoms with van der Waals surface area (Å²) in [6, 6.07) is 89.6. The fraction of sp³-hybridized carbons (Fsp3) is 0.307. The molecule has 14 rings (SSSR count). The van der Waals surface area contributed by atoms with Crippen LogP contribution in [0.3, 0.4) is 0 Å². The second kappa shape index (κ2) is 65.3. The van der Waals surface area contributed by atoms with Crippen LogP contribution in [-0.2, 0) is 101 Å². The number of fused-ring (bicyclic) bond motifs is 2. The Hall–Kier alpha value is -8.25. The van der Waals surface area contributed by atoms with Crippen molar-refractivity contribution in [1.29, 1.82) is 0 Å². The number of aryl methyl sites for hydroxylation is 6. The summed E-state index contributed by atoms with van der Waals surface area (Å²) < 4.78 is 0. The van der Waals surface area contributed by atoms with Crippen LogP contribution in [0.5, 0.6) is 0 Å².